The van der Waals surface area contributed by atoms with Crippen molar-refractivity contribution in [3.63, 3.8) is 0 Å². The van der Waals surface area contributed by atoms with Gasteiger partial charge in [-0.25, -0.2) is 0 Å². The van der Waals surface area contributed by atoms with E-state index in [2.05, 4.69) is 36.1 Å². The van der Waals surface area contributed by atoms with E-state index in [0.717, 1.165) is 39.1 Å². The number of rotatable bonds is 3. The SMILES string of the molecule is CC(N)C(c1ccccc1)N1CCC2(CC1)OCCO2. The summed E-state index contributed by atoms with van der Waals surface area (Å²) in [5.74, 6) is -0.310. The number of piperidine rings is 1. The van der Waals surface area contributed by atoms with E-state index in [-0.39, 0.29) is 17.9 Å². The van der Waals surface area contributed by atoms with Gasteiger partial charge in [0.15, 0.2) is 5.79 Å². The normalized spacial score (nSPS) is 25.7. The molecule has 0 aromatic heterocycles. The number of benzene rings is 1. The molecule has 2 aliphatic heterocycles. The van der Waals surface area contributed by atoms with Crippen molar-refractivity contribution in [1.82, 2.24) is 4.90 Å². The maximum Gasteiger partial charge on any atom is 0.170 e. The highest BCUT2D eigenvalue weighted by Crippen LogP contribution is 2.35. The lowest BCUT2D eigenvalue weighted by molar-refractivity contribution is -0.188. The molecule has 4 nitrogen and oxygen atoms in total. The van der Waals surface area contributed by atoms with Gasteiger partial charge in [0.1, 0.15) is 0 Å². The minimum atomic E-state index is -0.310. The lowest BCUT2D eigenvalue weighted by Crippen LogP contribution is -2.49. The van der Waals surface area contributed by atoms with E-state index in [4.69, 9.17) is 15.2 Å². The fourth-order valence-corrected chi connectivity index (χ4v) is 3.43. The summed E-state index contributed by atoms with van der Waals surface area (Å²) in [7, 11) is 0. The third-order valence-corrected chi connectivity index (χ3v) is 4.41. The summed E-state index contributed by atoms with van der Waals surface area (Å²) in [6.45, 7) is 5.50. The van der Waals surface area contributed by atoms with E-state index in [1.807, 2.05) is 6.07 Å². The molecule has 0 amide bonds. The van der Waals surface area contributed by atoms with Gasteiger partial charge < -0.3 is 15.2 Å². The standard InChI is InChI=1S/C16H24N2O2/c1-13(17)15(14-5-3-2-4-6-14)18-9-7-16(8-10-18)19-11-12-20-16/h2-6,13,15H,7-12,17H2,1H3. The predicted octanol–water partition coefficient (Wildman–Crippen LogP) is 1.91. The molecule has 2 fully saturated rings. The van der Waals surface area contributed by atoms with Crippen LogP contribution in [0.4, 0.5) is 0 Å². The highest BCUT2D eigenvalue weighted by Gasteiger charge is 2.41. The Labute approximate surface area is 120 Å². The third kappa shape index (κ3) is 2.74. The Morgan fingerprint density at radius 1 is 1.10 bits per heavy atom. The van der Waals surface area contributed by atoms with Crippen molar-refractivity contribution in [2.75, 3.05) is 26.3 Å². The number of nitrogens with two attached hydrogens (primary N) is 1. The quantitative estimate of drug-likeness (QED) is 0.916. The second-order valence-corrected chi connectivity index (χ2v) is 5.86. The maximum atomic E-state index is 6.24. The summed E-state index contributed by atoms with van der Waals surface area (Å²) in [5, 5.41) is 0. The molecule has 2 unspecified atom stereocenters. The lowest BCUT2D eigenvalue weighted by Gasteiger charge is -2.42. The molecule has 0 bridgehead atoms. The monoisotopic (exact) mass is 276 g/mol. The molecule has 1 aromatic carbocycles. The second-order valence-electron chi connectivity index (χ2n) is 5.86. The van der Waals surface area contributed by atoms with E-state index in [0.29, 0.717) is 0 Å². The Balaban J connectivity index is 1.71. The van der Waals surface area contributed by atoms with Crippen molar-refractivity contribution in [2.24, 2.45) is 5.73 Å². The van der Waals surface area contributed by atoms with Crippen molar-refractivity contribution in [3.8, 4) is 0 Å². The third-order valence-electron chi connectivity index (χ3n) is 4.41. The lowest BCUT2D eigenvalue weighted by atomic mass is 9.95. The van der Waals surface area contributed by atoms with Crippen molar-refractivity contribution in [3.05, 3.63) is 35.9 Å². The minimum Gasteiger partial charge on any atom is -0.347 e. The Bertz CT molecular complexity index is 419. The van der Waals surface area contributed by atoms with Crippen LogP contribution in [0.25, 0.3) is 0 Å². The Morgan fingerprint density at radius 2 is 1.70 bits per heavy atom. The van der Waals surface area contributed by atoms with E-state index < -0.39 is 0 Å². The van der Waals surface area contributed by atoms with Gasteiger partial charge in [0.25, 0.3) is 0 Å². The highest BCUT2D eigenvalue weighted by molar-refractivity contribution is 5.20. The zero-order valence-electron chi connectivity index (χ0n) is 12.1. The number of nitrogens with zero attached hydrogens (tertiary/aromatic N) is 1. The topological polar surface area (TPSA) is 47.7 Å². The Morgan fingerprint density at radius 3 is 2.25 bits per heavy atom. The van der Waals surface area contributed by atoms with Gasteiger partial charge in [0.2, 0.25) is 0 Å². The van der Waals surface area contributed by atoms with E-state index in [1.165, 1.54) is 5.56 Å². The van der Waals surface area contributed by atoms with Crippen LogP contribution in [-0.4, -0.2) is 43.0 Å². The van der Waals surface area contributed by atoms with Crippen molar-refractivity contribution >= 4 is 0 Å². The van der Waals surface area contributed by atoms with Crippen LogP contribution in [0.5, 0.6) is 0 Å². The van der Waals surface area contributed by atoms with Crippen LogP contribution >= 0.6 is 0 Å². The number of hydrogen-bond donors (Lipinski definition) is 1. The maximum absolute atomic E-state index is 6.24. The number of likely N-dealkylation sites (tertiary alicyclic amines) is 1. The van der Waals surface area contributed by atoms with Crippen molar-refractivity contribution < 1.29 is 9.47 Å². The fourth-order valence-electron chi connectivity index (χ4n) is 3.43. The van der Waals surface area contributed by atoms with Crippen LogP contribution in [0.15, 0.2) is 30.3 Å². The molecule has 20 heavy (non-hydrogen) atoms. The van der Waals surface area contributed by atoms with Crippen molar-refractivity contribution in [2.45, 2.75) is 37.6 Å². The van der Waals surface area contributed by atoms with Crippen molar-refractivity contribution in [1.29, 1.82) is 0 Å². The number of ether oxygens (including phenoxy) is 2. The average molecular weight is 276 g/mol. The first kappa shape index (κ1) is 14.0. The molecule has 2 saturated heterocycles. The zero-order valence-corrected chi connectivity index (χ0v) is 12.1. The summed E-state index contributed by atoms with van der Waals surface area (Å²) in [6, 6.07) is 10.9. The summed E-state index contributed by atoms with van der Waals surface area (Å²) in [4.78, 5) is 2.47. The van der Waals surface area contributed by atoms with Gasteiger partial charge in [0, 0.05) is 38.0 Å². The molecular formula is C16H24N2O2. The summed E-state index contributed by atoms with van der Waals surface area (Å²) < 4.78 is 11.6. The molecule has 4 heteroatoms. The van der Waals surface area contributed by atoms with E-state index in [1.54, 1.807) is 0 Å². The summed E-state index contributed by atoms with van der Waals surface area (Å²) in [5.41, 5.74) is 7.54. The molecule has 0 radical (unpaired) electrons. The molecular weight excluding hydrogens is 252 g/mol. The van der Waals surface area contributed by atoms with Gasteiger partial charge in [0.05, 0.1) is 13.2 Å². The van der Waals surface area contributed by atoms with Crippen LogP contribution in [0.2, 0.25) is 0 Å². The summed E-state index contributed by atoms with van der Waals surface area (Å²) >= 11 is 0. The average Bonchev–Trinajstić information content (AvgIpc) is 2.91. The first-order valence-electron chi connectivity index (χ1n) is 7.53. The van der Waals surface area contributed by atoms with Gasteiger partial charge in [-0.3, -0.25) is 4.90 Å². The van der Waals surface area contributed by atoms with Crippen LogP contribution in [0, 0.1) is 0 Å². The molecule has 0 saturated carbocycles. The largest absolute Gasteiger partial charge is 0.347 e. The van der Waals surface area contributed by atoms with E-state index >= 15 is 0 Å². The molecule has 1 spiro atoms. The Kier molecular flexibility index (Phi) is 4.08. The highest BCUT2D eigenvalue weighted by atomic mass is 16.7. The van der Waals surface area contributed by atoms with Crippen LogP contribution in [-0.2, 0) is 9.47 Å². The van der Waals surface area contributed by atoms with Crippen LogP contribution < -0.4 is 5.73 Å². The van der Waals surface area contributed by atoms with Crippen LogP contribution in [0.3, 0.4) is 0 Å². The molecule has 1 aromatic rings. The predicted molar refractivity (Wildman–Crippen MR) is 78.3 cm³/mol. The van der Waals surface area contributed by atoms with Gasteiger partial charge in [-0.05, 0) is 12.5 Å². The van der Waals surface area contributed by atoms with Gasteiger partial charge >= 0.3 is 0 Å². The molecule has 3 rings (SSSR count). The molecule has 2 aliphatic rings. The zero-order chi connectivity index (χ0) is 14.0. The van der Waals surface area contributed by atoms with E-state index in [9.17, 15) is 0 Å². The number of hydrogen-bond acceptors (Lipinski definition) is 4. The minimum absolute atomic E-state index is 0.108. The van der Waals surface area contributed by atoms with Gasteiger partial charge in [-0.15, -0.1) is 0 Å². The molecule has 2 N–H and O–H groups in total. The molecule has 2 heterocycles. The molecule has 0 aliphatic carbocycles. The second kappa shape index (κ2) is 5.82. The smallest absolute Gasteiger partial charge is 0.170 e. The first-order valence-corrected chi connectivity index (χ1v) is 7.53. The van der Waals surface area contributed by atoms with Gasteiger partial charge in [-0.1, -0.05) is 30.3 Å². The molecule has 110 valence electrons. The van der Waals surface area contributed by atoms with Crippen LogP contribution in [0.1, 0.15) is 31.4 Å². The van der Waals surface area contributed by atoms with Gasteiger partial charge in [-0.2, -0.15) is 0 Å². The molecule has 2 atom stereocenters. The summed E-state index contributed by atoms with van der Waals surface area (Å²) in [6.07, 6.45) is 1.87. The Hall–Kier alpha value is -0.940. The first-order chi connectivity index (χ1) is 9.70. The fraction of sp³-hybridized carbons (Fsp3) is 0.625.